The molecule has 1 aromatic carbocycles. The molecule has 1 heterocycles. The van der Waals surface area contributed by atoms with E-state index < -0.39 is 41.5 Å². The summed E-state index contributed by atoms with van der Waals surface area (Å²) in [4.78, 5) is 27.1. The first-order chi connectivity index (χ1) is 13.6. The molecule has 28 heavy (non-hydrogen) atoms. The number of likely N-dealkylation sites (tertiary alicyclic amines) is 1. The summed E-state index contributed by atoms with van der Waals surface area (Å²) in [5, 5.41) is 9.82. The molecule has 0 radical (unpaired) electrons. The molecule has 0 bridgehead atoms. The molecule has 2 atom stereocenters. The van der Waals surface area contributed by atoms with Crippen LogP contribution in [-0.2, 0) is 20.6 Å². The van der Waals surface area contributed by atoms with Crippen LogP contribution in [0.1, 0.15) is 56.3 Å². The Morgan fingerprint density at radius 2 is 1.86 bits per heavy atom. The number of carbonyl (C=O) groups excluding carboxylic acids is 2. The van der Waals surface area contributed by atoms with E-state index in [1.54, 1.807) is 41.5 Å². The normalized spacial score (nSPS) is 20.2. The third-order valence-corrected chi connectivity index (χ3v) is 4.18. The van der Waals surface area contributed by atoms with Gasteiger partial charge < -0.3 is 19.5 Å². The fraction of sp³-hybridized carbons (Fsp3) is 0.636. The van der Waals surface area contributed by atoms with Crippen LogP contribution in [0.3, 0.4) is 0 Å². The van der Waals surface area contributed by atoms with Crippen molar-refractivity contribution in [1.29, 1.82) is 0 Å². The van der Waals surface area contributed by atoms with Crippen LogP contribution in [0.4, 0.5) is 4.79 Å². The smallest absolute Gasteiger partial charge is 0.410 e. The van der Waals surface area contributed by atoms with Crippen molar-refractivity contribution in [3.63, 3.8) is 0 Å². The van der Waals surface area contributed by atoms with E-state index in [0.29, 0.717) is 13.0 Å². The van der Waals surface area contributed by atoms with E-state index in [0.717, 1.165) is 0 Å². The van der Waals surface area contributed by atoms with Crippen LogP contribution in [0.25, 0.3) is 0 Å². The lowest BCUT2D eigenvalue weighted by atomic mass is 9.86. The van der Waals surface area contributed by atoms with Gasteiger partial charge in [-0.05, 0) is 78.0 Å². The maximum Gasteiger partial charge on any atom is 0.410 e. The van der Waals surface area contributed by atoms with E-state index in [9.17, 15) is 14.7 Å². The second-order valence-electron chi connectivity index (χ2n) is 9.18. The number of carbonyl (C=O) groups is 2. The summed E-state index contributed by atoms with van der Waals surface area (Å²) >= 11 is 0. The van der Waals surface area contributed by atoms with Crippen LogP contribution in [0.5, 0.6) is 5.75 Å². The molecule has 1 aliphatic rings. The summed E-state index contributed by atoms with van der Waals surface area (Å²) in [5.41, 5.74) is -1.24. The summed E-state index contributed by atoms with van der Waals surface area (Å²) in [5.74, 6) is -2.34. The number of amides is 1. The van der Waals surface area contributed by atoms with Gasteiger partial charge >= 0.3 is 12.1 Å². The van der Waals surface area contributed by atoms with Crippen LogP contribution >= 0.6 is 0 Å². The quantitative estimate of drug-likeness (QED) is 0.778. The molecule has 0 aromatic heterocycles. The predicted octanol–water partition coefficient (Wildman–Crippen LogP) is 4.15. The zero-order chi connectivity index (χ0) is 22.9. The number of nitrogens with zero attached hydrogens (tertiary/aromatic N) is 1. The number of hydrogen-bond acceptors (Lipinski definition) is 5. The first kappa shape index (κ1) is 19.1. The first-order valence-corrected chi connectivity index (χ1v) is 9.60. The number of ether oxygens (including phenoxy) is 2. The van der Waals surface area contributed by atoms with Crippen molar-refractivity contribution in [1.82, 2.24) is 4.90 Å². The Labute approximate surface area is 170 Å². The average molecular weight is 394 g/mol. The highest BCUT2D eigenvalue weighted by atomic mass is 16.6. The molecule has 156 valence electrons. The highest BCUT2D eigenvalue weighted by Gasteiger charge is 2.39. The fourth-order valence-corrected chi connectivity index (χ4v) is 3.06. The zero-order valence-electron chi connectivity index (χ0n) is 19.6. The van der Waals surface area contributed by atoms with Gasteiger partial charge in [-0.25, -0.2) is 4.79 Å². The van der Waals surface area contributed by atoms with Crippen molar-refractivity contribution < 1.29 is 26.9 Å². The van der Waals surface area contributed by atoms with Crippen molar-refractivity contribution in [2.24, 2.45) is 11.8 Å². The van der Waals surface area contributed by atoms with Gasteiger partial charge in [0.1, 0.15) is 17.0 Å². The van der Waals surface area contributed by atoms with Gasteiger partial charge in [0.05, 0.1) is 5.92 Å². The standard InChI is InChI=1S/C22H33NO5/c1-21(2,3)27-19(25)18(13-15-8-7-9-17(24)12-15)16-10-11-23(14-16)20(26)28-22(4,5)6/h7-9,12,16,18,24H,10-11,13-14H2,1-6H3/t16-,18-/m0/s1/i13D2. The lowest BCUT2D eigenvalue weighted by molar-refractivity contribution is -0.161. The number of aromatic hydroxyl groups is 1. The van der Waals surface area contributed by atoms with Crippen molar-refractivity contribution in [3.8, 4) is 5.75 Å². The van der Waals surface area contributed by atoms with Crippen LogP contribution < -0.4 is 0 Å². The van der Waals surface area contributed by atoms with E-state index in [-0.39, 0.29) is 17.9 Å². The molecule has 1 aliphatic heterocycles. The molecule has 1 aromatic rings. The largest absolute Gasteiger partial charge is 0.508 e. The lowest BCUT2D eigenvalue weighted by Crippen LogP contribution is -2.38. The molecule has 1 fully saturated rings. The van der Waals surface area contributed by atoms with Crippen LogP contribution in [0.2, 0.25) is 0 Å². The zero-order valence-corrected chi connectivity index (χ0v) is 17.6. The Hall–Kier alpha value is -2.24. The van der Waals surface area contributed by atoms with Crippen LogP contribution in [-0.4, -0.2) is 46.4 Å². The summed E-state index contributed by atoms with van der Waals surface area (Å²) in [7, 11) is 0. The molecule has 0 aliphatic carbocycles. The fourth-order valence-electron chi connectivity index (χ4n) is 3.06. The van der Waals surface area contributed by atoms with Gasteiger partial charge in [-0.3, -0.25) is 4.79 Å². The molecule has 0 unspecified atom stereocenters. The van der Waals surface area contributed by atoms with Gasteiger partial charge in [0.15, 0.2) is 0 Å². The minimum absolute atomic E-state index is 0.0823. The highest BCUT2D eigenvalue weighted by Crippen LogP contribution is 2.31. The molecule has 1 N–H and O–H groups in total. The molecule has 6 heteroatoms. The number of phenolic OH excluding ortho intramolecular Hbond substituents is 1. The Bertz CT molecular complexity index is 782. The van der Waals surface area contributed by atoms with Crippen molar-refractivity contribution >= 4 is 12.1 Å². The second-order valence-corrected chi connectivity index (χ2v) is 9.18. The summed E-state index contributed by atoms with van der Waals surface area (Å²) in [6.45, 7) is 11.1. The number of esters is 1. The summed E-state index contributed by atoms with van der Waals surface area (Å²) in [6, 6.07) is 5.84. The summed E-state index contributed by atoms with van der Waals surface area (Å²) < 4.78 is 28.5. The minimum atomic E-state index is -2.10. The van der Waals surface area contributed by atoms with E-state index in [1.165, 1.54) is 29.2 Å². The second kappa shape index (κ2) is 8.41. The number of rotatable bonds is 4. The van der Waals surface area contributed by atoms with E-state index in [4.69, 9.17) is 12.2 Å². The SMILES string of the molecule is [2H]C([2H])(c1cccc(O)c1)[C@H](C(=O)OC(C)(C)C)[C@H]1CCN(C(=O)OC(C)(C)C)C1. The van der Waals surface area contributed by atoms with E-state index >= 15 is 0 Å². The van der Waals surface area contributed by atoms with Gasteiger partial charge in [0.25, 0.3) is 0 Å². The third-order valence-electron chi connectivity index (χ3n) is 4.18. The highest BCUT2D eigenvalue weighted by molar-refractivity contribution is 5.74. The maximum atomic E-state index is 13.1. The Kier molecular flexibility index (Phi) is 5.74. The number of phenols is 1. The van der Waals surface area contributed by atoms with E-state index in [2.05, 4.69) is 0 Å². The molecule has 0 spiro atoms. The number of benzene rings is 1. The van der Waals surface area contributed by atoms with Gasteiger partial charge in [-0.2, -0.15) is 0 Å². The minimum Gasteiger partial charge on any atom is -0.508 e. The van der Waals surface area contributed by atoms with Crippen molar-refractivity contribution in [2.75, 3.05) is 13.1 Å². The van der Waals surface area contributed by atoms with Gasteiger partial charge in [-0.1, -0.05) is 12.1 Å². The molecular weight excluding hydrogens is 358 g/mol. The Morgan fingerprint density at radius 3 is 2.43 bits per heavy atom. The average Bonchev–Trinajstić information content (AvgIpc) is 3.01. The maximum absolute atomic E-state index is 13.1. The summed E-state index contributed by atoms with van der Waals surface area (Å²) in [6.07, 6.45) is -2.14. The van der Waals surface area contributed by atoms with Gasteiger partial charge in [-0.15, -0.1) is 0 Å². The van der Waals surface area contributed by atoms with Crippen LogP contribution in [0, 0.1) is 11.8 Å². The van der Waals surface area contributed by atoms with Crippen molar-refractivity contribution in [3.05, 3.63) is 29.8 Å². The third kappa shape index (κ3) is 6.73. The number of hydrogen-bond donors (Lipinski definition) is 1. The van der Waals surface area contributed by atoms with E-state index in [1.807, 2.05) is 0 Å². The topological polar surface area (TPSA) is 76.1 Å². The molecule has 1 amide bonds. The molecule has 2 rings (SSSR count). The van der Waals surface area contributed by atoms with Crippen molar-refractivity contribution in [2.45, 2.75) is 65.5 Å². The predicted molar refractivity (Wildman–Crippen MR) is 107 cm³/mol. The lowest BCUT2D eigenvalue weighted by Gasteiger charge is -2.28. The monoisotopic (exact) mass is 393 g/mol. The van der Waals surface area contributed by atoms with Gasteiger partial charge in [0, 0.05) is 15.8 Å². The Balaban J connectivity index is 2.33. The Morgan fingerprint density at radius 1 is 1.21 bits per heavy atom. The first-order valence-electron chi connectivity index (χ1n) is 10.6. The molecule has 0 saturated carbocycles. The molecule has 1 saturated heterocycles. The molecule has 6 nitrogen and oxygen atoms in total. The molecular formula is C22H33NO5. The van der Waals surface area contributed by atoms with Crippen LogP contribution in [0.15, 0.2) is 24.3 Å². The van der Waals surface area contributed by atoms with Gasteiger partial charge in [0.2, 0.25) is 0 Å².